The topological polar surface area (TPSA) is 49.3 Å². The maximum absolute atomic E-state index is 11.5. The molecular formula is C15H21NO2. The number of hydrogen-bond acceptors (Lipinski definition) is 2. The van der Waals surface area contributed by atoms with Gasteiger partial charge in [-0.15, -0.1) is 0 Å². The van der Waals surface area contributed by atoms with Crippen LogP contribution in [0, 0.1) is 0 Å². The number of rotatable bonds is 5. The van der Waals surface area contributed by atoms with Crippen molar-refractivity contribution in [2.24, 2.45) is 0 Å². The lowest BCUT2D eigenvalue weighted by Crippen LogP contribution is -2.51. The first-order valence-corrected chi connectivity index (χ1v) is 6.74. The molecule has 18 heavy (non-hydrogen) atoms. The van der Waals surface area contributed by atoms with Crippen molar-refractivity contribution in [1.82, 2.24) is 5.32 Å². The zero-order valence-corrected chi connectivity index (χ0v) is 10.9. The van der Waals surface area contributed by atoms with Crippen LogP contribution < -0.4 is 5.32 Å². The van der Waals surface area contributed by atoms with E-state index in [1.54, 1.807) is 0 Å². The summed E-state index contributed by atoms with van der Waals surface area (Å²) in [5.41, 5.74) is 0.462. The van der Waals surface area contributed by atoms with Gasteiger partial charge in [0, 0.05) is 6.04 Å². The largest absolute Gasteiger partial charge is 0.480 e. The zero-order chi connectivity index (χ0) is 13.0. The van der Waals surface area contributed by atoms with E-state index in [1.807, 2.05) is 18.2 Å². The number of nitrogens with one attached hydrogen (secondary N) is 1. The lowest BCUT2D eigenvalue weighted by molar-refractivity contribution is -0.145. The fraction of sp³-hybridized carbons (Fsp3) is 0.533. The fourth-order valence-corrected chi connectivity index (χ4v) is 2.84. The fourth-order valence-electron chi connectivity index (χ4n) is 2.84. The van der Waals surface area contributed by atoms with Gasteiger partial charge in [-0.05, 0) is 24.8 Å². The van der Waals surface area contributed by atoms with E-state index in [9.17, 15) is 9.90 Å². The second-order valence-electron chi connectivity index (χ2n) is 5.11. The van der Waals surface area contributed by atoms with E-state index >= 15 is 0 Å². The van der Waals surface area contributed by atoms with Gasteiger partial charge in [0.1, 0.15) is 5.54 Å². The predicted octanol–water partition coefficient (Wildman–Crippen LogP) is 3.12. The van der Waals surface area contributed by atoms with Gasteiger partial charge < -0.3 is 5.11 Å². The molecular weight excluding hydrogens is 226 g/mol. The van der Waals surface area contributed by atoms with Crippen molar-refractivity contribution in [1.29, 1.82) is 0 Å². The van der Waals surface area contributed by atoms with Gasteiger partial charge >= 0.3 is 5.97 Å². The first kappa shape index (κ1) is 13.1. The van der Waals surface area contributed by atoms with Crippen LogP contribution in [0.4, 0.5) is 0 Å². The molecule has 0 heterocycles. The van der Waals surface area contributed by atoms with Gasteiger partial charge in [-0.1, -0.05) is 50.1 Å². The minimum absolute atomic E-state index is 0.125. The Hall–Kier alpha value is -1.35. The van der Waals surface area contributed by atoms with Crippen LogP contribution in [0.1, 0.15) is 50.6 Å². The summed E-state index contributed by atoms with van der Waals surface area (Å²) in [4.78, 5) is 11.5. The van der Waals surface area contributed by atoms with Gasteiger partial charge in [-0.25, -0.2) is 0 Å². The third-order valence-electron chi connectivity index (χ3n) is 3.93. The summed E-state index contributed by atoms with van der Waals surface area (Å²) in [6.45, 7) is 2.09. The number of benzene rings is 1. The van der Waals surface area contributed by atoms with Crippen LogP contribution in [0.15, 0.2) is 30.3 Å². The van der Waals surface area contributed by atoms with E-state index in [0.717, 1.165) is 32.1 Å². The van der Waals surface area contributed by atoms with Crippen LogP contribution in [-0.2, 0) is 4.79 Å². The summed E-state index contributed by atoms with van der Waals surface area (Å²) >= 11 is 0. The molecule has 0 aromatic heterocycles. The van der Waals surface area contributed by atoms with Gasteiger partial charge in [-0.3, -0.25) is 10.1 Å². The highest BCUT2D eigenvalue weighted by molar-refractivity contribution is 5.79. The molecule has 0 bridgehead atoms. The molecule has 0 amide bonds. The van der Waals surface area contributed by atoms with Crippen molar-refractivity contribution >= 4 is 5.97 Å². The molecule has 0 spiro atoms. The second kappa shape index (κ2) is 5.53. The zero-order valence-electron chi connectivity index (χ0n) is 10.9. The van der Waals surface area contributed by atoms with E-state index in [2.05, 4.69) is 24.4 Å². The number of hydrogen-bond donors (Lipinski definition) is 2. The van der Waals surface area contributed by atoms with E-state index in [0.29, 0.717) is 0 Å². The first-order valence-electron chi connectivity index (χ1n) is 6.74. The van der Waals surface area contributed by atoms with Gasteiger partial charge in [0.15, 0.2) is 0 Å². The van der Waals surface area contributed by atoms with Crippen LogP contribution >= 0.6 is 0 Å². The molecule has 2 N–H and O–H groups in total. The Balaban J connectivity index is 2.17. The molecule has 98 valence electrons. The summed E-state index contributed by atoms with van der Waals surface area (Å²) in [5.74, 6) is -0.700. The van der Waals surface area contributed by atoms with Gasteiger partial charge in [0.25, 0.3) is 0 Å². The molecule has 1 fully saturated rings. The molecule has 0 aliphatic heterocycles. The number of carbonyl (C=O) groups is 1. The molecule has 1 unspecified atom stereocenters. The molecule has 1 aromatic carbocycles. The molecule has 2 rings (SSSR count). The first-order chi connectivity index (χ1) is 8.68. The highest BCUT2D eigenvalue weighted by atomic mass is 16.4. The van der Waals surface area contributed by atoms with Crippen molar-refractivity contribution in [3.8, 4) is 0 Å². The summed E-state index contributed by atoms with van der Waals surface area (Å²) in [6.07, 6.45) is 4.39. The van der Waals surface area contributed by atoms with Crippen molar-refractivity contribution in [3.63, 3.8) is 0 Å². The Morgan fingerprint density at radius 1 is 1.33 bits per heavy atom. The van der Waals surface area contributed by atoms with E-state index < -0.39 is 11.5 Å². The average Bonchev–Trinajstić information content (AvgIpc) is 2.87. The monoisotopic (exact) mass is 247 g/mol. The molecule has 1 atom stereocenters. The summed E-state index contributed by atoms with van der Waals surface area (Å²) < 4.78 is 0. The maximum Gasteiger partial charge on any atom is 0.323 e. The maximum atomic E-state index is 11.5. The summed E-state index contributed by atoms with van der Waals surface area (Å²) in [6, 6.07) is 10.2. The standard InChI is InChI=1S/C15H21NO2/c1-2-13(12-8-4-3-5-9-12)16-15(14(17)18)10-6-7-11-15/h3-5,8-9,13,16H,2,6-7,10-11H2,1H3,(H,17,18). The SMILES string of the molecule is CCC(NC1(C(=O)O)CCCC1)c1ccccc1. The van der Waals surface area contributed by atoms with Crippen molar-refractivity contribution in [3.05, 3.63) is 35.9 Å². The Kier molecular flexibility index (Phi) is 4.02. The third kappa shape index (κ3) is 2.56. The van der Waals surface area contributed by atoms with Gasteiger partial charge in [0.2, 0.25) is 0 Å². The van der Waals surface area contributed by atoms with Crippen LogP contribution in [0.2, 0.25) is 0 Å². The van der Waals surface area contributed by atoms with Gasteiger partial charge in [0.05, 0.1) is 0 Å². The van der Waals surface area contributed by atoms with Crippen LogP contribution in [0.3, 0.4) is 0 Å². The molecule has 0 saturated heterocycles. The summed E-state index contributed by atoms with van der Waals surface area (Å²) in [5, 5.41) is 12.9. The lowest BCUT2D eigenvalue weighted by atomic mass is 9.93. The molecule has 3 nitrogen and oxygen atoms in total. The molecule has 3 heteroatoms. The number of aliphatic carboxylic acids is 1. The van der Waals surface area contributed by atoms with Crippen LogP contribution in [-0.4, -0.2) is 16.6 Å². The minimum Gasteiger partial charge on any atom is -0.480 e. The Bertz CT molecular complexity index is 396. The van der Waals surface area contributed by atoms with E-state index in [4.69, 9.17) is 0 Å². The average molecular weight is 247 g/mol. The highest BCUT2D eigenvalue weighted by Crippen LogP contribution is 2.33. The van der Waals surface area contributed by atoms with E-state index in [-0.39, 0.29) is 6.04 Å². The molecule has 1 aliphatic rings. The Morgan fingerprint density at radius 2 is 1.94 bits per heavy atom. The summed E-state index contributed by atoms with van der Waals surface area (Å²) in [7, 11) is 0. The minimum atomic E-state index is -0.712. The molecule has 1 aromatic rings. The number of carboxylic acids is 1. The normalized spacial score (nSPS) is 19.6. The van der Waals surface area contributed by atoms with Crippen LogP contribution in [0.25, 0.3) is 0 Å². The predicted molar refractivity (Wildman–Crippen MR) is 71.4 cm³/mol. The third-order valence-corrected chi connectivity index (χ3v) is 3.93. The Labute approximate surface area is 108 Å². The Morgan fingerprint density at radius 3 is 2.44 bits per heavy atom. The molecule has 1 aliphatic carbocycles. The molecule has 1 saturated carbocycles. The van der Waals surface area contributed by atoms with Gasteiger partial charge in [-0.2, -0.15) is 0 Å². The molecule has 0 radical (unpaired) electrons. The highest BCUT2D eigenvalue weighted by Gasteiger charge is 2.42. The van der Waals surface area contributed by atoms with Crippen molar-refractivity contribution in [2.45, 2.75) is 50.6 Å². The second-order valence-corrected chi connectivity index (χ2v) is 5.11. The lowest BCUT2D eigenvalue weighted by Gasteiger charge is -2.31. The van der Waals surface area contributed by atoms with E-state index in [1.165, 1.54) is 5.56 Å². The smallest absolute Gasteiger partial charge is 0.323 e. The van der Waals surface area contributed by atoms with Crippen molar-refractivity contribution in [2.75, 3.05) is 0 Å². The van der Waals surface area contributed by atoms with Crippen LogP contribution in [0.5, 0.6) is 0 Å². The quantitative estimate of drug-likeness (QED) is 0.840. The van der Waals surface area contributed by atoms with Crippen molar-refractivity contribution < 1.29 is 9.90 Å². The number of carboxylic acid groups (broad SMARTS) is 1.